The molecule has 0 saturated heterocycles. The summed E-state index contributed by atoms with van der Waals surface area (Å²) >= 11 is 1.69. The average molecular weight is 459 g/mol. The van der Waals surface area contributed by atoms with E-state index in [1.807, 2.05) is 0 Å². The molecule has 0 atom stereocenters. The number of aryl methyl sites for hydroxylation is 1. The van der Waals surface area contributed by atoms with Gasteiger partial charge in [0.25, 0.3) is 0 Å². The van der Waals surface area contributed by atoms with Crippen LogP contribution < -0.4 is 0 Å². The van der Waals surface area contributed by atoms with Gasteiger partial charge in [0, 0.05) is 0 Å². The number of allylic oxidation sites excluding steroid dienone is 4. The van der Waals surface area contributed by atoms with E-state index in [2.05, 4.69) is 70.2 Å². The zero-order chi connectivity index (χ0) is 20.5. The maximum absolute atomic E-state index is 3.77. The molecule has 0 aliphatic heterocycles. The van der Waals surface area contributed by atoms with Gasteiger partial charge < -0.3 is 0 Å². The molecule has 0 spiro atoms. The van der Waals surface area contributed by atoms with Gasteiger partial charge in [0.05, 0.1) is 0 Å². The third-order valence-corrected chi connectivity index (χ3v) is 8.14. The molecule has 0 nitrogen and oxygen atoms in total. The first kappa shape index (κ1) is 20.9. The van der Waals surface area contributed by atoms with E-state index < -0.39 is 0 Å². The monoisotopic (exact) mass is 457 g/mol. The summed E-state index contributed by atoms with van der Waals surface area (Å²) in [4.78, 5) is 0. The molecule has 29 heavy (non-hydrogen) atoms. The van der Waals surface area contributed by atoms with E-state index in [-0.39, 0.29) is 0 Å². The summed E-state index contributed by atoms with van der Waals surface area (Å²) in [5, 5.41) is 0. The summed E-state index contributed by atoms with van der Waals surface area (Å²) in [6.45, 7) is 9.01. The Morgan fingerprint density at radius 1 is 0.828 bits per heavy atom. The summed E-state index contributed by atoms with van der Waals surface area (Å²) in [6, 6.07) is 8.32. The second-order valence-corrected chi connectivity index (χ2v) is 10.6. The minimum atomic E-state index is 0.399. The van der Waals surface area contributed by atoms with Gasteiger partial charge in [-0.25, -0.2) is 0 Å². The average Bonchev–Trinajstić information content (AvgIpc) is 3.37. The molecular formula is C28H31Zr-. The molecule has 0 radical (unpaired) electrons. The fraction of sp³-hybridized carbons (Fsp3) is 0.393. The van der Waals surface area contributed by atoms with Crippen molar-refractivity contribution in [1.29, 1.82) is 0 Å². The van der Waals surface area contributed by atoms with Crippen molar-refractivity contribution in [2.75, 3.05) is 0 Å². The molecule has 3 aliphatic rings. The van der Waals surface area contributed by atoms with E-state index in [1.165, 1.54) is 82.2 Å². The van der Waals surface area contributed by atoms with Crippen molar-refractivity contribution < 1.29 is 24.2 Å². The summed E-state index contributed by atoms with van der Waals surface area (Å²) in [7, 11) is 0. The van der Waals surface area contributed by atoms with Crippen LogP contribution in [0.4, 0.5) is 0 Å². The Morgan fingerprint density at radius 2 is 1.52 bits per heavy atom. The Hall–Kier alpha value is -1.33. The second-order valence-electron chi connectivity index (χ2n) is 8.82. The molecular weight excluding hydrogens is 428 g/mol. The van der Waals surface area contributed by atoms with Gasteiger partial charge in [-0.3, -0.25) is 0 Å². The van der Waals surface area contributed by atoms with Crippen LogP contribution in [-0.4, -0.2) is 3.21 Å². The van der Waals surface area contributed by atoms with E-state index >= 15 is 0 Å². The molecule has 0 amide bonds. The molecule has 1 saturated carbocycles. The number of hydrogen-bond acceptors (Lipinski definition) is 0. The minimum absolute atomic E-state index is 0.399. The van der Waals surface area contributed by atoms with Crippen molar-refractivity contribution in [3.63, 3.8) is 0 Å². The Balaban J connectivity index is 0.000000249. The number of hydrogen-bond donors (Lipinski definition) is 0. The molecule has 148 valence electrons. The molecule has 0 heterocycles. The topological polar surface area (TPSA) is 0 Å². The maximum atomic E-state index is 3.77. The van der Waals surface area contributed by atoms with Gasteiger partial charge >= 0.3 is 59.5 Å². The number of benzene rings is 2. The number of fused-ring (bicyclic) bond motifs is 3. The first-order chi connectivity index (χ1) is 14.0. The van der Waals surface area contributed by atoms with Gasteiger partial charge in [-0.05, 0) is 37.3 Å². The van der Waals surface area contributed by atoms with E-state index in [1.54, 1.807) is 27.4 Å². The van der Waals surface area contributed by atoms with Gasteiger partial charge in [0.2, 0.25) is 0 Å². The Kier molecular flexibility index (Phi) is 6.36. The van der Waals surface area contributed by atoms with Crippen molar-refractivity contribution in [3.8, 4) is 11.1 Å². The van der Waals surface area contributed by atoms with E-state index in [4.69, 9.17) is 0 Å². The molecule has 0 bridgehead atoms. The molecule has 0 unspecified atom stereocenters. The van der Waals surface area contributed by atoms with Gasteiger partial charge in [-0.2, -0.15) is 11.6 Å². The zero-order valence-corrected chi connectivity index (χ0v) is 20.7. The quantitative estimate of drug-likeness (QED) is 0.339. The summed E-state index contributed by atoms with van der Waals surface area (Å²) < 4.78 is 1.80. The molecule has 2 aromatic rings. The molecule has 0 aromatic heterocycles. The molecule has 0 N–H and O–H groups in total. The molecule has 5 rings (SSSR count). The van der Waals surface area contributed by atoms with Crippen LogP contribution in [-0.2, 0) is 30.7 Å². The molecule has 2 aromatic carbocycles. The van der Waals surface area contributed by atoms with Gasteiger partial charge in [-0.15, -0.1) is 22.3 Å². The fourth-order valence-corrected chi connectivity index (χ4v) is 5.77. The van der Waals surface area contributed by atoms with Crippen LogP contribution in [0.2, 0.25) is 0 Å². The third kappa shape index (κ3) is 4.13. The normalized spacial score (nSPS) is 17.1. The molecule has 1 heteroatoms. The first-order valence-electron chi connectivity index (χ1n) is 11.0. The fourth-order valence-electron chi connectivity index (χ4n) is 4.90. The second kappa shape index (κ2) is 8.81. The summed E-state index contributed by atoms with van der Waals surface area (Å²) in [6.07, 6.45) is 17.2. The first-order valence-corrected chi connectivity index (χ1v) is 12.3. The van der Waals surface area contributed by atoms with Crippen LogP contribution in [0.5, 0.6) is 0 Å². The van der Waals surface area contributed by atoms with Gasteiger partial charge in [0.1, 0.15) is 0 Å². The van der Waals surface area contributed by atoms with Crippen LogP contribution in [0.3, 0.4) is 0 Å². The Bertz CT molecular complexity index is 999. The van der Waals surface area contributed by atoms with Crippen LogP contribution in [0.15, 0.2) is 36.4 Å². The number of rotatable bonds is 1. The van der Waals surface area contributed by atoms with E-state index in [0.717, 1.165) is 6.42 Å². The molecule has 1 fully saturated rings. The van der Waals surface area contributed by atoms with E-state index in [0.29, 0.717) is 5.92 Å². The van der Waals surface area contributed by atoms with Crippen molar-refractivity contribution >= 4 is 3.21 Å². The predicted octanol–water partition coefficient (Wildman–Crippen LogP) is 7.17. The van der Waals surface area contributed by atoms with Crippen molar-refractivity contribution in [2.45, 2.75) is 72.1 Å². The van der Waals surface area contributed by atoms with Crippen molar-refractivity contribution in [3.05, 3.63) is 81.4 Å². The predicted molar refractivity (Wildman–Crippen MR) is 122 cm³/mol. The van der Waals surface area contributed by atoms with Crippen LogP contribution in [0.25, 0.3) is 11.1 Å². The van der Waals surface area contributed by atoms with Crippen LogP contribution in [0, 0.1) is 33.8 Å². The van der Waals surface area contributed by atoms with Crippen LogP contribution in [0.1, 0.15) is 77.0 Å². The summed E-state index contributed by atoms with van der Waals surface area (Å²) in [5.74, 6) is 0.399. The van der Waals surface area contributed by atoms with Crippen LogP contribution >= 0.6 is 0 Å². The standard InChI is InChI=1S/C22H21.C6H10.Zr/c1-13-9-10-18-11-19-12-20(17-7-5-6-8-17)15(3)16(4)22(19)21(18)14(13)2;1-2-4-6-5-3-1;/h5-10,17H,11H2,1-4H3;1-5H2;/q-1;;. The van der Waals surface area contributed by atoms with Gasteiger partial charge in [0.15, 0.2) is 0 Å². The van der Waals surface area contributed by atoms with Gasteiger partial charge in [-0.1, -0.05) is 61.4 Å². The SMILES string of the molecule is Cc1ccc2c(c1C)-c1c([c-]c(C3C=CC=C3)c(C)c1C)C2.[Zr]=[C]1CCCCC1. The Morgan fingerprint density at radius 3 is 2.14 bits per heavy atom. The Labute approximate surface area is 191 Å². The third-order valence-electron chi connectivity index (χ3n) is 6.91. The zero-order valence-electron chi connectivity index (χ0n) is 18.3. The molecule has 3 aliphatic carbocycles. The van der Waals surface area contributed by atoms with E-state index in [9.17, 15) is 0 Å². The summed E-state index contributed by atoms with van der Waals surface area (Å²) in [5.41, 5.74) is 12.8. The van der Waals surface area contributed by atoms with Crippen molar-refractivity contribution in [1.82, 2.24) is 0 Å². The van der Waals surface area contributed by atoms with Crippen molar-refractivity contribution in [2.24, 2.45) is 0 Å².